The summed E-state index contributed by atoms with van der Waals surface area (Å²) in [7, 11) is 1.80. The number of hydrogen-bond donors (Lipinski definition) is 1. The molecule has 0 radical (unpaired) electrons. The predicted molar refractivity (Wildman–Crippen MR) is 93.1 cm³/mol. The fraction of sp³-hybridized carbons (Fsp3) is 0.278. The number of nitrogens with one attached hydrogen (secondary N) is 1. The summed E-state index contributed by atoms with van der Waals surface area (Å²) in [5.41, 5.74) is 5.27. The van der Waals surface area contributed by atoms with Crippen LogP contribution in [0.3, 0.4) is 0 Å². The largest absolute Gasteiger partial charge is 0.322 e. The van der Waals surface area contributed by atoms with Gasteiger partial charge in [-0.1, -0.05) is 12.1 Å². The fourth-order valence-corrected chi connectivity index (χ4v) is 2.78. The Kier molecular flexibility index (Phi) is 4.20. The molecule has 6 heteroatoms. The molecular weight excluding hydrogens is 302 g/mol. The summed E-state index contributed by atoms with van der Waals surface area (Å²) >= 11 is 0. The normalized spacial score (nSPS) is 10.8. The van der Waals surface area contributed by atoms with Crippen molar-refractivity contribution in [3.63, 3.8) is 0 Å². The third-order valence-electron chi connectivity index (χ3n) is 3.88. The van der Waals surface area contributed by atoms with Gasteiger partial charge in [-0.3, -0.25) is 14.2 Å². The van der Waals surface area contributed by atoms with E-state index in [9.17, 15) is 4.79 Å². The molecule has 24 heavy (non-hydrogen) atoms. The number of anilines is 1. The Balaban J connectivity index is 1.77. The van der Waals surface area contributed by atoms with Crippen LogP contribution in [0.5, 0.6) is 0 Å². The Hall–Kier alpha value is -2.89. The van der Waals surface area contributed by atoms with E-state index in [-0.39, 0.29) is 5.91 Å². The van der Waals surface area contributed by atoms with Gasteiger partial charge < -0.3 is 5.32 Å². The van der Waals surface area contributed by atoms with E-state index in [1.807, 2.05) is 49.7 Å². The Labute approximate surface area is 141 Å². The van der Waals surface area contributed by atoms with Gasteiger partial charge in [0.2, 0.25) is 0 Å². The van der Waals surface area contributed by atoms with E-state index >= 15 is 0 Å². The molecule has 3 aromatic rings. The van der Waals surface area contributed by atoms with E-state index < -0.39 is 0 Å². The first-order chi connectivity index (χ1) is 11.4. The van der Waals surface area contributed by atoms with E-state index in [1.54, 1.807) is 17.9 Å². The topological polar surface area (TPSA) is 64.7 Å². The van der Waals surface area contributed by atoms with E-state index in [0.717, 1.165) is 22.6 Å². The summed E-state index contributed by atoms with van der Waals surface area (Å²) < 4.78 is 3.60. The van der Waals surface area contributed by atoms with Crippen molar-refractivity contribution < 1.29 is 4.79 Å². The molecule has 0 fully saturated rings. The van der Waals surface area contributed by atoms with Crippen molar-refractivity contribution in [3.8, 4) is 0 Å². The molecule has 6 nitrogen and oxygen atoms in total. The molecule has 1 amide bonds. The number of carbonyl (C=O) groups excluding carboxylic acids is 1. The lowest BCUT2D eigenvalue weighted by Gasteiger charge is -2.08. The van der Waals surface area contributed by atoms with Crippen molar-refractivity contribution in [3.05, 3.63) is 64.7 Å². The Morgan fingerprint density at radius 3 is 2.58 bits per heavy atom. The highest BCUT2D eigenvalue weighted by atomic mass is 16.1. The zero-order valence-corrected chi connectivity index (χ0v) is 14.4. The van der Waals surface area contributed by atoms with Gasteiger partial charge in [0.15, 0.2) is 0 Å². The molecule has 0 atom stereocenters. The lowest BCUT2D eigenvalue weighted by molar-refractivity contribution is 0.102. The van der Waals surface area contributed by atoms with E-state index in [0.29, 0.717) is 17.8 Å². The molecule has 1 aromatic carbocycles. The first kappa shape index (κ1) is 16.0. The van der Waals surface area contributed by atoms with Crippen LogP contribution in [-0.4, -0.2) is 25.5 Å². The Morgan fingerprint density at radius 2 is 1.96 bits per heavy atom. The fourth-order valence-electron chi connectivity index (χ4n) is 2.78. The summed E-state index contributed by atoms with van der Waals surface area (Å²) in [6.07, 6.45) is 1.73. The number of amides is 1. The second kappa shape index (κ2) is 6.31. The molecule has 0 unspecified atom stereocenters. The van der Waals surface area contributed by atoms with Gasteiger partial charge in [-0.2, -0.15) is 10.2 Å². The Morgan fingerprint density at radius 1 is 1.17 bits per heavy atom. The average molecular weight is 323 g/mol. The summed E-state index contributed by atoms with van der Waals surface area (Å²) in [6, 6.07) is 9.87. The van der Waals surface area contributed by atoms with Crippen LogP contribution in [0, 0.1) is 20.8 Å². The van der Waals surface area contributed by atoms with Crippen molar-refractivity contribution >= 4 is 11.6 Å². The highest BCUT2D eigenvalue weighted by Crippen LogP contribution is 2.15. The van der Waals surface area contributed by atoms with Crippen LogP contribution in [0.25, 0.3) is 0 Å². The van der Waals surface area contributed by atoms with Crippen LogP contribution in [0.1, 0.15) is 33.0 Å². The maximum absolute atomic E-state index is 12.4. The summed E-state index contributed by atoms with van der Waals surface area (Å²) in [5.74, 6) is -0.149. The zero-order chi connectivity index (χ0) is 17.3. The number of carbonyl (C=O) groups is 1. The van der Waals surface area contributed by atoms with Crippen LogP contribution in [0.15, 0.2) is 36.5 Å². The molecule has 3 rings (SSSR count). The minimum atomic E-state index is -0.149. The molecule has 0 aliphatic rings. The van der Waals surface area contributed by atoms with Crippen molar-refractivity contribution in [2.24, 2.45) is 7.05 Å². The Bertz CT molecular complexity index is 891. The molecular formula is C18H21N5O. The van der Waals surface area contributed by atoms with E-state index in [1.165, 1.54) is 0 Å². The van der Waals surface area contributed by atoms with E-state index in [4.69, 9.17) is 0 Å². The van der Waals surface area contributed by atoms with Gasteiger partial charge in [-0.25, -0.2) is 0 Å². The molecule has 2 aromatic heterocycles. The molecule has 0 aliphatic heterocycles. The minimum Gasteiger partial charge on any atom is -0.322 e. The summed E-state index contributed by atoms with van der Waals surface area (Å²) in [4.78, 5) is 12.4. The lowest BCUT2D eigenvalue weighted by atomic mass is 10.2. The standard InChI is InChI=1S/C18H21N5O/c1-12-8-13(2)23(20-12)10-15-6-5-7-16(9-15)19-18(24)17-11-22(4)21-14(17)3/h5-9,11H,10H2,1-4H3,(H,19,24). The average Bonchev–Trinajstić information content (AvgIpc) is 3.00. The van der Waals surface area contributed by atoms with Gasteiger partial charge in [0.1, 0.15) is 0 Å². The van der Waals surface area contributed by atoms with Crippen molar-refractivity contribution in [2.75, 3.05) is 5.32 Å². The molecule has 0 saturated heterocycles. The summed E-state index contributed by atoms with van der Waals surface area (Å²) in [5, 5.41) is 11.6. The SMILES string of the molecule is Cc1cc(C)n(Cc2cccc(NC(=O)c3cn(C)nc3C)c2)n1. The second-order valence-electron chi connectivity index (χ2n) is 6.04. The first-order valence-electron chi connectivity index (χ1n) is 7.84. The number of nitrogens with zero attached hydrogens (tertiary/aromatic N) is 4. The van der Waals surface area contributed by atoms with Gasteiger partial charge in [-0.15, -0.1) is 0 Å². The highest BCUT2D eigenvalue weighted by molar-refractivity contribution is 6.04. The number of aryl methyl sites for hydroxylation is 4. The second-order valence-corrected chi connectivity index (χ2v) is 6.04. The molecule has 2 heterocycles. The van der Waals surface area contributed by atoms with Crippen molar-refractivity contribution in [1.29, 1.82) is 0 Å². The maximum Gasteiger partial charge on any atom is 0.259 e. The van der Waals surface area contributed by atoms with Gasteiger partial charge >= 0.3 is 0 Å². The van der Waals surface area contributed by atoms with Crippen LogP contribution < -0.4 is 5.32 Å². The smallest absolute Gasteiger partial charge is 0.259 e. The minimum absolute atomic E-state index is 0.149. The molecule has 0 saturated carbocycles. The third kappa shape index (κ3) is 3.37. The molecule has 1 N–H and O–H groups in total. The molecule has 0 spiro atoms. The van der Waals surface area contributed by atoms with Gasteiger partial charge in [0.05, 0.1) is 23.5 Å². The molecule has 124 valence electrons. The van der Waals surface area contributed by atoms with Crippen LogP contribution in [-0.2, 0) is 13.6 Å². The quantitative estimate of drug-likeness (QED) is 0.803. The molecule has 0 bridgehead atoms. The van der Waals surface area contributed by atoms with E-state index in [2.05, 4.69) is 21.6 Å². The number of aromatic nitrogens is 4. The van der Waals surface area contributed by atoms with Crippen molar-refractivity contribution in [1.82, 2.24) is 19.6 Å². The van der Waals surface area contributed by atoms with Gasteiger partial charge in [-0.05, 0) is 44.5 Å². The highest BCUT2D eigenvalue weighted by Gasteiger charge is 2.13. The van der Waals surface area contributed by atoms with Gasteiger partial charge in [0, 0.05) is 24.6 Å². The number of benzene rings is 1. The summed E-state index contributed by atoms with van der Waals surface area (Å²) in [6.45, 7) is 6.52. The number of hydrogen-bond acceptors (Lipinski definition) is 3. The van der Waals surface area contributed by atoms with Crippen molar-refractivity contribution in [2.45, 2.75) is 27.3 Å². The third-order valence-corrected chi connectivity index (χ3v) is 3.88. The maximum atomic E-state index is 12.4. The predicted octanol–water partition coefficient (Wildman–Crippen LogP) is 2.84. The van der Waals surface area contributed by atoms with Crippen LogP contribution in [0.2, 0.25) is 0 Å². The number of rotatable bonds is 4. The van der Waals surface area contributed by atoms with Crippen LogP contribution in [0.4, 0.5) is 5.69 Å². The molecule has 0 aliphatic carbocycles. The monoisotopic (exact) mass is 323 g/mol. The zero-order valence-electron chi connectivity index (χ0n) is 14.4. The lowest BCUT2D eigenvalue weighted by Crippen LogP contribution is -2.13. The van der Waals surface area contributed by atoms with Crippen LogP contribution >= 0.6 is 0 Å². The first-order valence-corrected chi connectivity index (χ1v) is 7.84. The van der Waals surface area contributed by atoms with Gasteiger partial charge in [0.25, 0.3) is 5.91 Å².